The number of aliphatic hydroxyl groups excluding tert-OH is 1. The molecule has 4 nitrogen and oxygen atoms in total. The van der Waals surface area contributed by atoms with Crippen molar-refractivity contribution in [3.05, 3.63) is 29.3 Å². The molecule has 0 saturated heterocycles. The first-order valence-electron chi connectivity index (χ1n) is 6.92. The molecule has 0 bridgehead atoms. The van der Waals surface area contributed by atoms with Crippen LogP contribution in [0.4, 0.5) is 5.69 Å². The molecule has 4 heteroatoms. The summed E-state index contributed by atoms with van der Waals surface area (Å²) in [6, 6.07) is 5.80. The van der Waals surface area contributed by atoms with E-state index in [-0.39, 0.29) is 12.5 Å². The third-order valence-corrected chi connectivity index (χ3v) is 3.94. The molecule has 0 heterocycles. The molecule has 0 aromatic heterocycles. The predicted octanol–water partition coefficient (Wildman–Crippen LogP) is 1.95. The molecule has 1 fully saturated rings. The van der Waals surface area contributed by atoms with Crippen LogP contribution in [0.25, 0.3) is 0 Å². The number of nitrogen functional groups attached to an aromatic ring is 1. The van der Waals surface area contributed by atoms with Crippen molar-refractivity contribution in [3.8, 4) is 0 Å². The average molecular weight is 262 g/mol. The van der Waals surface area contributed by atoms with E-state index >= 15 is 0 Å². The highest BCUT2D eigenvalue weighted by Gasteiger charge is 2.29. The SMILES string of the molecule is Cc1c(N)cccc1C(=O)N(CCCO)C1CCC1. The number of amides is 1. The number of nitrogens with zero attached hydrogens (tertiary/aromatic N) is 1. The van der Waals surface area contributed by atoms with Gasteiger partial charge in [0.1, 0.15) is 0 Å². The number of nitrogens with two attached hydrogens (primary N) is 1. The average Bonchev–Trinajstić information content (AvgIpc) is 2.34. The summed E-state index contributed by atoms with van der Waals surface area (Å²) >= 11 is 0. The summed E-state index contributed by atoms with van der Waals surface area (Å²) in [6.45, 7) is 2.62. The summed E-state index contributed by atoms with van der Waals surface area (Å²) in [5.41, 5.74) is 8.06. The van der Waals surface area contributed by atoms with E-state index in [9.17, 15) is 4.79 Å². The highest BCUT2D eigenvalue weighted by Crippen LogP contribution is 2.27. The summed E-state index contributed by atoms with van der Waals surface area (Å²) in [5, 5.41) is 8.98. The lowest BCUT2D eigenvalue weighted by atomic mass is 9.90. The van der Waals surface area contributed by atoms with Crippen molar-refractivity contribution in [3.63, 3.8) is 0 Å². The van der Waals surface area contributed by atoms with Crippen molar-refractivity contribution >= 4 is 11.6 Å². The number of aliphatic hydroxyl groups is 1. The van der Waals surface area contributed by atoms with Crippen molar-refractivity contribution in [1.82, 2.24) is 4.90 Å². The Balaban J connectivity index is 2.20. The fourth-order valence-electron chi connectivity index (χ4n) is 2.43. The van der Waals surface area contributed by atoms with E-state index in [4.69, 9.17) is 10.8 Å². The van der Waals surface area contributed by atoms with Crippen molar-refractivity contribution in [2.45, 2.75) is 38.6 Å². The molecule has 1 aromatic rings. The molecule has 2 rings (SSSR count). The largest absolute Gasteiger partial charge is 0.398 e. The minimum atomic E-state index is 0.0444. The summed E-state index contributed by atoms with van der Waals surface area (Å²) in [7, 11) is 0. The van der Waals surface area contributed by atoms with Gasteiger partial charge in [0, 0.05) is 30.4 Å². The van der Waals surface area contributed by atoms with Crippen LogP contribution in [0.1, 0.15) is 41.6 Å². The van der Waals surface area contributed by atoms with Gasteiger partial charge in [0.15, 0.2) is 0 Å². The van der Waals surface area contributed by atoms with Gasteiger partial charge in [-0.15, -0.1) is 0 Å². The Labute approximate surface area is 114 Å². The lowest BCUT2D eigenvalue weighted by Crippen LogP contribution is -2.45. The van der Waals surface area contributed by atoms with Crippen LogP contribution in [-0.2, 0) is 0 Å². The highest BCUT2D eigenvalue weighted by atomic mass is 16.3. The lowest BCUT2D eigenvalue weighted by molar-refractivity contribution is 0.0562. The van der Waals surface area contributed by atoms with Gasteiger partial charge < -0.3 is 15.7 Å². The monoisotopic (exact) mass is 262 g/mol. The number of carbonyl (C=O) groups excluding carboxylic acids is 1. The standard InChI is InChI=1S/C15H22N2O2/c1-11-13(7-3-8-14(11)16)15(19)17(9-4-10-18)12-5-2-6-12/h3,7-8,12,18H,2,4-6,9-10,16H2,1H3. The molecule has 1 aliphatic carbocycles. The molecule has 104 valence electrons. The Morgan fingerprint density at radius 1 is 1.47 bits per heavy atom. The molecule has 1 aromatic carbocycles. The van der Waals surface area contributed by atoms with Crippen LogP contribution in [0, 0.1) is 6.92 Å². The second-order valence-corrected chi connectivity index (χ2v) is 5.18. The van der Waals surface area contributed by atoms with Crippen molar-refractivity contribution in [1.29, 1.82) is 0 Å². The third-order valence-electron chi connectivity index (χ3n) is 3.94. The van der Waals surface area contributed by atoms with Crippen LogP contribution >= 0.6 is 0 Å². The number of hydrogen-bond donors (Lipinski definition) is 2. The molecule has 1 aliphatic rings. The van der Waals surface area contributed by atoms with Crippen LogP contribution < -0.4 is 5.73 Å². The van der Waals surface area contributed by atoms with Crippen LogP contribution in [-0.4, -0.2) is 35.1 Å². The number of hydrogen-bond acceptors (Lipinski definition) is 3. The number of carbonyl (C=O) groups is 1. The Kier molecular flexibility index (Phi) is 4.43. The zero-order valence-electron chi connectivity index (χ0n) is 11.4. The normalized spacial score (nSPS) is 15.1. The van der Waals surface area contributed by atoms with Gasteiger partial charge in [0.05, 0.1) is 0 Å². The van der Waals surface area contributed by atoms with Crippen molar-refractivity contribution in [2.24, 2.45) is 0 Å². The second-order valence-electron chi connectivity index (χ2n) is 5.18. The van der Waals surface area contributed by atoms with Gasteiger partial charge in [0.25, 0.3) is 5.91 Å². The molecule has 3 N–H and O–H groups in total. The lowest BCUT2D eigenvalue weighted by Gasteiger charge is -2.38. The van der Waals surface area contributed by atoms with Gasteiger partial charge in [-0.3, -0.25) is 4.79 Å². The van der Waals surface area contributed by atoms with Crippen LogP contribution in [0.5, 0.6) is 0 Å². The fourth-order valence-corrected chi connectivity index (χ4v) is 2.43. The van der Waals surface area contributed by atoms with E-state index < -0.39 is 0 Å². The molecule has 1 amide bonds. The van der Waals surface area contributed by atoms with Gasteiger partial charge >= 0.3 is 0 Å². The number of anilines is 1. The quantitative estimate of drug-likeness (QED) is 0.797. The van der Waals surface area contributed by atoms with Crippen molar-refractivity contribution in [2.75, 3.05) is 18.9 Å². The first kappa shape index (κ1) is 13.9. The Morgan fingerprint density at radius 2 is 2.21 bits per heavy atom. The molecule has 0 unspecified atom stereocenters. The maximum absolute atomic E-state index is 12.6. The Hall–Kier alpha value is -1.55. The van der Waals surface area contributed by atoms with E-state index in [1.165, 1.54) is 6.42 Å². The predicted molar refractivity (Wildman–Crippen MR) is 76.0 cm³/mol. The zero-order valence-corrected chi connectivity index (χ0v) is 11.4. The number of rotatable bonds is 5. The van der Waals surface area contributed by atoms with Gasteiger partial charge in [-0.25, -0.2) is 0 Å². The first-order chi connectivity index (χ1) is 9.15. The molecular formula is C15H22N2O2. The number of benzene rings is 1. The highest BCUT2D eigenvalue weighted by molar-refractivity contribution is 5.97. The summed E-state index contributed by atoms with van der Waals surface area (Å²) in [5.74, 6) is 0.0444. The topological polar surface area (TPSA) is 66.6 Å². The third kappa shape index (κ3) is 2.89. The van der Waals surface area contributed by atoms with Crippen LogP contribution in [0.2, 0.25) is 0 Å². The van der Waals surface area contributed by atoms with Gasteiger partial charge in [-0.05, 0) is 50.3 Å². The van der Waals surface area contributed by atoms with Gasteiger partial charge in [0.2, 0.25) is 0 Å². The summed E-state index contributed by atoms with van der Waals surface area (Å²) < 4.78 is 0. The van der Waals surface area contributed by atoms with E-state index in [1.807, 2.05) is 30.0 Å². The molecule has 1 saturated carbocycles. The molecule has 19 heavy (non-hydrogen) atoms. The molecule has 0 radical (unpaired) electrons. The fraction of sp³-hybridized carbons (Fsp3) is 0.533. The van der Waals surface area contributed by atoms with E-state index in [2.05, 4.69) is 0 Å². The molecule has 0 spiro atoms. The minimum absolute atomic E-state index is 0.0444. The van der Waals surface area contributed by atoms with Gasteiger partial charge in [-0.2, -0.15) is 0 Å². The van der Waals surface area contributed by atoms with E-state index in [0.717, 1.165) is 18.4 Å². The summed E-state index contributed by atoms with van der Waals surface area (Å²) in [4.78, 5) is 14.6. The Morgan fingerprint density at radius 3 is 2.79 bits per heavy atom. The smallest absolute Gasteiger partial charge is 0.254 e. The molecular weight excluding hydrogens is 240 g/mol. The second kappa shape index (κ2) is 6.06. The Bertz CT molecular complexity index is 455. The van der Waals surface area contributed by atoms with E-state index in [1.54, 1.807) is 0 Å². The zero-order chi connectivity index (χ0) is 13.8. The van der Waals surface area contributed by atoms with Gasteiger partial charge in [-0.1, -0.05) is 6.07 Å². The van der Waals surface area contributed by atoms with Crippen LogP contribution in [0.15, 0.2) is 18.2 Å². The van der Waals surface area contributed by atoms with E-state index in [0.29, 0.717) is 30.3 Å². The summed E-state index contributed by atoms with van der Waals surface area (Å²) in [6.07, 6.45) is 3.95. The maximum Gasteiger partial charge on any atom is 0.254 e. The molecule has 0 atom stereocenters. The molecule has 0 aliphatic heterocycles. The van der Waals surface area contributed by atoms with Crippen LogP contribution in [0.3, 0.4) is 0 Å². The first-order valence-corrected chi connectivity index (χ1v) is 6.92. The maximum atomic E-state index is 12.6. The minimum Gasteiger partial charge on any atom is -0.398 e. The van der Waals surface area contributed by atoms with Crippen molar-refractivity contribution < 1.29 is 9.90 Å².